The van der Waals surface area contributed by atoms with Gasteiger partial charge in [-0.2, -0.15) is 0 Å². The summed E-state index contributed by atoms with van der Waals surface area (Å²) in [5.41, 5.74) is 2.05. The highest BCUT2D eigenvalue weighted by Gasteiger charge is 2.13. The van der Waals surface area contributed by atoms with Crippen molar-refractivity contribution in [1.82, 2.24) is 5.32 Å². The largest absolute Gasteiger partial charge is 0.373 e. The van der Waals surface area contributed by atoms with Crippen LogP contribution in [0, 0.1) is 12.7 Å². The molecule has 0 bridgehead atoms. The Morgan fingerprint density at radius 2 is 2.12 bits per heavy atom. The van der Waals surface area contributed by atoms with Crippen LogP contribution >= 0.6 is 0 Å². The lowest BCUT2D eigenvalue weighted by Gasteiger charge is -2.23. The van der Waals surface area contributed by atoms with Crippen molar-refractivity contribution in [1.29, 1.82) is 0 Å². The van der Waals surface area contributed by atoms with Gasteiger partial charge < -0.3 is 10.1 Å². The molecule has 0 radical (unpaired) electrons. The van der Waals surface area contributed by atoms with E-state index in [4.69, 9.17) is 4.74 Å². The lowest BCUT2D eigenvalue weighted by Crippen LogP contribution is -2.32. The zero-order valence-corrected chi connectivity index (χ0v) is 9.63. The highest BCUT2D eigenvalue weighted by Crippen LogP contribution is 2.15. The predicted octanol–water partition coefficient (Wildman–Crippen LogP) is 2.40. The van der Waals surface area contributed by atoms with Crippen molar-refractivity contribution in [3.8, 4) is 0 Å². The molecule has 1 fully saturated rings. The Bertz CT molecular complexity index is 348. The van der Waals surface area contributed by atoms with Crippen molar-refractivity contribution in [2.24, 2.45) is 0 Å². The van der Waals surface area contributed by atoms with E-state index in [1.807, 2.05) is 13.0 Å². The normalized spacial score (nSPS) is 17.6. The van der Waals surface area contributed by atoms with Crippen LogP contribution in [0.25, 0.3) is 0 Å². The summed E-state index contributed by atoms with van der Waals surface area (Å²) in [5.74, 6) is -0.178. The summed E-state index contributed by atoms with van der Waals surface area (Å²) >= 11 is 0. The Hall–Kier alpha value is -0.930. The van der Waals surface area contributed by atoms with E-state index < -0.39 is 0 Å². The summed E-state index contributed by atoms with van der Waals surface area (Å²) in [7, 11) is 0. The quantitative estimate of drug-likeness (QED) is 0.849. The molecule has 1 heterocycles. The molecule has 0 atom stereocenters. The molecule has 0 spiro atoms. The summed E-state index contributed by atoms with van der Waals surface area (Å²) < 4.78 is 18.7. The molecular formula is C13H18FNO. The van der Waals surface area contributed by atoms with Crippen LogP contribution in [0.4, 0.5) is 4.39 Å². The molecule has 1 aromatic carbocycles. The van der Waals surface area contributed by atoms with Crippen LogP contribution in [0.5, 0.6) is 0 Å². The maximum absolute atomic E-state index is 12.9. The first-order valence-electron chi connectivity index (χ1n) is 5.83. The summed E-state index contributed by atoms with van der Waals surface area (Å²) in [4.78, 5) is 0. The average molecular weight is 223 g/mol. The lowest BCUT2D eigenvalue weighted by atomic mass is 10.1. The summed E-state index contributed by atoms with van der Waals surface area (Å²) in [5, 5.41) is 3.30. The number of hydrogen-bond donors (Lipinski definition) is 1. The van der Waals surface area contributed by atoms with Gasteiger partial charge in [0.2, 0.25) is 0 Å². The van der Waals surface area contributed by atoms with E-state index in [9.17, 15) is 4.39 Å². The number of halogens is 1. The van der Waals surface area contributed by atoms with Gasteiger partial charge >= 0.3 is 0 Å². The van der Waals surface area contributed by atoms with E-state index >= 15 is 0 Å². The molecule has 1 N–H and O–H groups in total. The van der Waals surface area contributed by atoms with Crippen molar-refractivity contribution in [2.45, 2.75) is 32.5 Å². The third-order valence-corrected chi connectivity index (χ3v) is 3.07. The van der Waals surface area contributed by atoms with Crippen LogP contribution in [0.1, 0.15) is 24.0 Å². The maximum atomic E-state index is 12.9. The SMILES string of the molecule is Cc1cc(F)ccc1COC1CCNCC1. The molecule has 1 aliphatic rings. The monoisotopic (exact) mass is 223 g/mol. The zero-order valence-electron chi connectivity index (χ0n) is 9.63. The first kappa shape index (κ1) is 11.6. The Labute approximate surface area is 95.8 Å². The molecule has 16 heavy (non-hydrogen) atoms. The number of hydrogen-bond acceptors (Lipinski definition) is 2. The third-order valence-electron chi connectivity index (χ3n) is 3.07. The van der Waals surface area contributed by atoms with Crippen LogP contribution in [-0.4, -0.2) is 19.2 Å². The number of ether oxygens (including phenoxy) is 1. The molecule has 2 rings (SSSR count). The third kappa shape index (κ3) is 3.03. The van der Waals surface area contributed by atoms with Crippen molar-refractivity contribution < 1.29 is 9.13 Å². The Balaban J connectivity index is 1.88. The van der Waals surface area contributed by atoms with Gasteiger partial charge in [0.25, 0.3) is 0 Å². The van der Waals surface area contributed by atoms with Gasteiger partial charge in [0, 0.05) is 0 Å². The number of benzene rings is 1. The molecule has 1 aliphatic heterocycles. The number of aryl methyl sites for hydroxylation is 1. The fourth-order valence-corrected chi connectivity index (χ4v) is 1.99. The Kier molecular flexibility index (Phi) is 3.91. The number of piperidine rings is 1. The molecule has 0 amide bonds. The topological polar surface area (TPSA) is 21.3 Å². The van der Waals surface area contributed by atoms with E-state index in [1.54, 1.807) is 6.07 Å². The van der Waals surface area contributed by atoms with Crippen LogP contribution in [0.3, 0.4) is 0 Å². The molecule has 0 aliphatic carbocycles. The molecule has 0 unspecified atom stereocenters. The van der Waals surface area contributed by atoms with Gasteiger partial charge in [-0.3, -0.25) is 0 Å². The van der Waals surface area contributed by atoms with Crippen molar-refractivity contribution >= 4 is 0 Å². The predicted molar refractivity (Wildman–Crippen MR) is 61.8 cm³/mol. The fraction of sp³-hybridized carbons (Fsp3) is 0.538. The molecular weight excluding hydrogens is 205 g/mol. The van der Waals surface area contributed by atoms with E-state index in [-0.39, 0.29) is 5.82 Å². The van der Waals surface area contributed by atoms with E-state index in [2.05, 4.69) is 5.32 Å². The van der Waals surface area contributed by atoms with Gasteiger partial charge in [0.15, 0.2) is 0 Å². The Morgan fingerprint density at radius 1 is 1.38 bits per heavy atom. The second kappa shape index (κ2) is 5.41. The summed E-state index contributed by atoms with van der Waals surface area (Å²) in [6.45, 7) is 4.58. The Morgan fingerprint density at radius 3 is 2.81 bits per heavy atom. The molecule has 2 nitrogen and oxygen atoms in total. The van der Waals surface area contributed by atoms with E-state index in [0.717, 1.165) is 37.1 Å². The van der Waals surface area contributed by atoms with Crippen LogP contribution < -0.4 is 5.32 Å². The summed E-state index contributed by atoms with van der Waals surface area (Å²) in [6, 6.07) is 4.86. The zero-order chi connectivity index (χ0) is 11.4. The molecule has 0 saturated carbocycles. The van der Waals surface area contributed by atoms with E-state index in [0.29, 0.717) is 12.7 Å². The first-order valence-corrected chi connectivity index (χ1v) is 5.83. The van der Waals surface area contributed by atoms with E-state index in [1.165, 1.54) is 6.07 Å². The first-order chi connectivity index (χ1) is 7.75. The number of nitrogens with one attached hydrogen (secondary N) is 1. The average Bonchev–Trinajstić information content (AvgIpc) is 2.29. The van der Waals surface area contributed by atoms with Crippen molar-refractivity contribution in [3.05, 3.63) is 35.1 Å². The molecule has 1 saturated heterocycles. The summed E-state index contributed by atoms with van der Waals surface area (Å²) in [6.07, 6.45) is 2.49. The molecule has 88 valence electrons. The molecule has 0 aromatic heterocycles. The van der Waals surface area contributed by atoms with Gasteiger partial charge in [0.1, 0.15) is 5.82 Å². The van der Waals surface area contributed by atoms with Gasteiger partial charge in [-0.15, -0.1) is 0 Å². The van der Waals surface area contributed by atoms with Crippen molar-refractivity contribution in [2.75, 3.05) is 13.1 Å². The molecule has 1 aromatic rings. The lowest BCUT2D eigenvalue weighted by molar-refractivity contribution is 0.0210. The second-order valence-corrected chi connectivity index (χ2v) is 4.33. The van der Waals surface area contributed by atoms with Gasteiger partial charge in [-0.05, 0) is 56.1 Å². The van der Waals surface area contributed by atoms with Crippen LogP contribution in [-0.2, 0) is 11.3 Å². The highest BCUT2D eigenvalue weighted by molar-refractivity contribution is 5.25. The van der Waals surface area contributed by atoms with Crippen molar-refractivity contribution in [3.63, 3.8) is 0 Å². The second-order valence-electron chi connectivity index (χ2n) is 4.33. The maximum Gasteiger partial charge on any atom is 0.123 e. The minimum Gasteiger partial charge on any atom is -0.373 e. The van der Waals surface area contributed by atoms with Gasteiger partial charge in [-0.1, -0.05) is 6.07 Å². The van der Waals surface area contributed by atoms with Gasteiger partial charge in [-0.25, -0.2) is 4.39 Å². The smallest absolute Gasteiger partial charge is 0.123 e. The highest BCUT2D eigenvalue weighted by atomic mass is 19.1. The minimum atomic E-state index is -0.178. The fourth-order valence-electron chi connectivity index (χ4n) is 1.99. The van der Waals surface area contributed by atoms with Gasteiger partial charge in [0.05, 0.1) is 12.7 Å². The number of rotatable bonds is 3. The van der Waals surface area contributed by atoms with Crippen LogP contribution in [0.2, 0.25) is 0 Å². The standard InChI is InChI=1S/C13H18FNO/c1-10-8-12(14)3-2-11(10)9-16-13-4-6-15-7-5-13/h2-3,8,13,15H,4-7,9H2,1H3. The minimum absolute atomic E-state index is 0.178. The molecule has 3 heteroatoms. The van der Waals surface area contributed by atoms with Crippen LogP contribution in [0.15, 0.2) is 18.2 Å².